The van der Waals surface area contributed by atoms with E-state index >= 15 is 0 Å². The molecule has 0 saturated carbocycles. The first kappa shape index (κ1) is 13.8. The van der Waals surface area contributed by atoms with Crippen LogP contribution in [0, 0.1) is 0 Å². The van der Waals surface area contributed by atoms with Gasteiger partial charge in [0.25, 0.3) is 0 Å². The van der Waals surface area contributed by atoms with Crippen LogP contribution in [0.5, 0.6) is 5.75 Å². The summed E-state index contributed by atoms with van der Waals surface area (Å²) in [5, 5.41) is 3.39. The molecule has 4 heteroatoms. The number of benzene rings is 1. The molecule has 100 valence electrons. The van der Waals surface area contributed by atoms with Crippen molar-refractivity contribution in [2.45, 2.75) is 19.9 Å². The second-order valence-electron chi connectivity index (χ2n) is 4.58. The van der Waals surface area contributed by atoms with E-state index in [4.69, 9.17) is 4.74 Å². The van der Waals surface area contributed by atoms with Crippen LogP contribution >= 0.6 is 15.9 Å². The second kappa shape index (κ2) is 6.55. The fourth-order valence-corrected chi connectivity index (χ4v) is 2.78. The van der Waals surface area contributed by atoms with Gasteiger partial charge >= 0.3 is 0 Å². The fraction of sp³-hybridized carbons (Fsp3) is 0.571. The lowest BCUT2D eigenvalue weighted by atomic mass is 10.0. The van der Waals surface area contributed by atoms with Crippen molar-refractivity contribution in [2.24, 2.45) is 0 Å². The zero-order chi connectivity index (χ0) is 13.0. The van der Waals surface area contributed by atoms with Crippen molar-refractivity contribution in [3.05, 3.63) is 28.2 Å². The van der Waals surface area contributed by atoms with Crippen LogP contribution < -0.4 is 10.1 Å². The smallest absolute Gasteiger partial charge is 0.124 e. The van der Waals surface area contributed by atoms with Gasteiger partial charge in [-0.15, -0.1) is 0 Å². The van der Waals surface area contributed by atoms with Gasteiger partial charge in [-0.05, 0) is 32.0 Å². The largest absolute Gasteiger partial charge is 0.494 e. The molecule has 1 fully saturated rings. The quantitative estimate of drug-likeness (QED) is 0.925. The third-order valence-corrected chi connectivity index (χ3v) is 3.91. The molecule has 0 unspecified atom stereocenters. The van der Waals surface area contributed by atoms with E-state index < -0.39 is 0 Å². The lowest BCUT2D eigenvalue weighted by Gasteiger charge is -2.33. The van der Waals surface area contributed by atoms with Gasteiger partial charge in [-0.2, -0.15) is 0 Å². The van der Waals surface area contributed by atoms with Gasteiger partial charge < -0.3 is 10.1 Å². The van der Waals surface area contributed by atoms with Gasteiger partial charge in [0.15, 0.2) is 0 Å². The number of piperazine rings is 1. The van der Waals surface area contributed by atoms with E-state index in [0.717, 1.165) is 36.4 Å². The highest BCUT2D eigenvalue weighted by atomic mass is 79.9. The molecule has 1 aromatic rings. The first-order valence-corrected chi connectivity index (χ1v) is 7.38. The molecule has 3 nitrogen and oxygen atoms in total. The molecular weight excluding hydrogens is 292 g/mol. The van der Waals surface area contributed by atoms with Crippen LogP contribution in [0.25, 0.3) is 0 Å². The Bertz CT molecular complexity index is 391. The molecular formula is C14H21BrN2O. The lowest BCUT2D eigenvalue weighted by Crippen LogP contribution is -2.44. The van der Waals surface area contributed by atoms with Gasteiger partial charge in [-0.3, -0.25) is 4.90 Å². The fourth-order valence-electron chi connectivity index (χ4n) is 2.40. The van der Waals surface area contributed by atoms with Gasteiger partial charge in [-0.25, -0.2) is 0 Å². The van der Waals surface area contributed by atoms with Crippen LogP contribution in [0.2, 0.25) is 0 Å². The van der Waals surface area contributed by atoms with E-state index in [1.165, 1.54) is 5.56 Å². The van der Waals surface area contributed by atoms with Gasteiger partial charge in [-0.1, -0.05) is 15.9 Å². The Labute approximate surface area is 118 Å². The molecule has 0 amide bonds. The van der Waals surface area contributed by atoms with Crippen molar-refractivity contribution in [3.63, 3.8) is 0 Å². The Hall–Kier alpha value is -0.580. The highest BCUT2D eigenvalue weighted by Gasteiger charge is 2.21. The number of halogens is 1. The van der Waals surface area contributed by atoms with E-state index in [-0.39, 0.29) is 0 Å². The Morgan fingerprint density at radius 1 is 1.39 bits per heavy atom. The average molecular weight is 313 g/mol. The molecule has 1 N–H and O–H groups in total. The predicted octanol–water partition coefficient (Wildman–Crippen LogP) is 2.81. The molecule has 18 heavy (non-hydrogen) atoms. The maximum absolute atomic E-state index is 5.74. The van der Waals surface area contributed by atoms with Gasteiger partial charge in [0.1, 0.15) is 5.75 Å². The summed E-state index contributed by atoms with van der Waals surface area (Å²) in [5.74, 6) is 1.01. The molecule has 1 heterocycles. The second-order valence-corrected chi connectivity index (χ2v) is 5.49. The minimum absolute atomic E-state index is 0.395. The average Bonchev–Trinajstić information content (AvgIpc) is 2.41. The number of hydrogen-bond donors (Lipinski definition) is 1. The predicted molar refractivity (Wildman–Crippen MR) is 78.2 cm³/mol. The first-order chi connectivity index (χ1) is 8.72. The molecule has 2 rings (SSSR count). The summed E-state index contributed by atoms with van der Waals surface area (Å²) >= 11 is 3.55. The number of nitrogens with zero attached hydrogens (tertiary/aromatic N) is 1. The molecule has 0 radical (unpaired) electrons. The molecule has 1 aliphatic heterocycles. The summed E-state index contributed by atoms with van der Waals surface area (Å²) in [4.78, 5) is 2.50. The molecule has 1 saturated heterocycles. The summed E-state index contributed by atoms with van der Waals surface area (Å²) in [6, 6.07) is 6.67. The normalized spacial score (nSPS) is 18.6. The van der Waals surface area contributed by atoms with Crippen molar-refractivity contribution >= 4 is 15.9 Å². The first-order valence-electron chi connectivity index (χ1n) is 6.59. The van der Waals surface area contributed by atoms with E-state index in [1.807, 2.05) is 13.0 Å². The van der Waals surface area contributed by atoms with Crippen LogP contribution in [0.3, 0.4) is 0 Å². The van der Waals surface area contributed by atoms with Crippen LogP contribution in [-0.4, -0.2) is 37.7 Å². The van der Waals surface area contributed by atoms with Crippen LogP contribution in [0.15, 0.2) is 22.7 Å². The maximum atomic E-state index is 5.74. The van der Waals surface area contributed by atoms with Crippen molar-refractivity contribution in [2.75, 3.05) is 32.8 Å². The molecule has 0 spiro atoms. The minimum Gasteiger partial charge on any atom is -0.494 e. The third-order valence-electron chi connectivity index (χ3n) is 3.42. The van der Waals surface area contributed by atoms with Crippen molar-refractivity contribution in [3.8, 4) is 5.75 Å². The molecule has 1 aliphatic rings. The molecule has 1 atom stereocenters. The van der Waals surface area contributed by atoms with E-state index in [0.29, 0.717) is 12.6 Å². The van der Waals surface area contributed by atoms with Crippen LogP contribution in [-0.2, 0) is 0 Å². The van der Waals surface area contributed by atoms with E-state index in [2.05, 4.69) is 45.2 Å². The third kappa shape index (κ3) is 3.25. The van der Waals surface area contributed by atoms with Crippen LogP contribution in [0.4, 0.5) is 0 Å². The minimum atomic E-state index is 0.395. The van der Waals surface area contributed by atoms with Gasteiger partial charge in [0.05, 0.1) is 6.61 Å². The summed E-state index contributed by atoms with van der Waals surface area (Å²) in [6.45, 7) is 9.34. The number of hydrogen-bond acceptors (Lipinski definition) is 3. The number of rotatable bonds is 4. The van der Waals surface area contributed by atoms with Crippen molar-refractivity contribution in [1.82, 2.24) is 10.2 Å². The van der Waals surface area contributed by atoms with Crippen LogP contribution in [0.1, 0.15) is 25.5 Å². The zero-order valence-corrected chi connectivity index (χ0v) is 12.7. The Morgan fingerprint density at radius 2 is 2.11 bits per heavy atom. The highest BCUT2D eigenvalue weighted by Crippen LogP contribution is 2.32. The van der Waals surface area contributed by atoms with Gasteiger partial charge in [0.2, 0.25) is 0 Å². The van der Waals surface area contributed by atoms with E-state index in [1.54, 1.807) is 0 Å². The summed E-state index contributed by atoms with van der Waals surface area (Å²) in [6.07, 6.45) is 0. The highest BCUT2D eigenvalue weighted by molar-refractivity contribution is 9.10. The van der Waals surface area contributed by atoms with Crippen molar-refractivity contribution in [1.29, 1.82) is 0 Å². The molecule has 0 aromatic heterocycles. The standard InChI is InChI=1S/C14H21BrN2O/c1-3-18-14-5-4-12(15)10-13(14)11(2)17-8-6-16-7-9-17/h4-5,10-11,16H,3,6-9H2,1-2H3/t11-/m0/s1. The molecule has 0 aliphatic carbocycles. The SMILES string of the molecule is CCOc1ccc(Br)cc1[C@H](C)N1CCNCC1. The Kier molecular flexibility index (Phi) is 5.03. The lowest BCUT2D eigenvalue weighted by molar-refractivity contribution is 0.181. The Balaban J connectivity index is 2.21. The summed E-state index contributed by atoms with van der Waals surface area (Å²) in [7, 11) is 0. The summed E-state index contributed by atoms with van der Waals surface area (Å²) in [5.41, 5.74) is 1.27. The Morgan fingerprint density at radius 3 is 2.78 bits per heavy atom. The molecule has 1 aromatic carbocycles. The zero-order valence-electron chi connectivity index (χ0n) is 11.1. The van der Waals surface area contributed by atoms with Gasteiger partial charge in [0, 0.05) is 42.3 Å². The topological polar surface area (TPSA) is 24.5 Å². The molecule has 0 bridgehead atoms. The maximum Gasteiger partial charge on any atom is 0.124 e. The van der Waals surface area contributed by atoms with Crippen molar-refractivity contribution < 1.29 is 4.74 Å². The number of ether oxygens (including phenoxy) is 1. The monoisotopic (exact) mass is 312 g/mol. The number of nitrogens with one attached hydrogen (secondary N) is 1. The summed E-state index contributed by atoms with van der Waals surface area (Å²) < 4.78 is 6.85. The van der Waals surface area contributed by atoms with E-state index in [9.17, 15) is 0 Å².